The first-order valence-corrected chi connectivity index (χ1v) is 5.44. The first-order chi connectivity index (χ1) is 7.59. The van der Waals surface area contributed by atoms with Crippen molar-refractivity contribution in [2.75, 3.05) is 5.73 Å². The Labute approximate surface area is 98.4 Å². The fraction of sp³-hybridized carbons (Fsp3) is 0.364. The minimum absolute atomic E-state index is 0.304. The van der Waals surface area contributed by atoms with Gasteiger partial charge in [-0.1, -0.05) is 19.0 Å². The summed E-state index contributed by atoms with van der Waals surface area (Å²) in [6.07, 6.45) is 2.31. The van der Waals surface area contributed by atoms with Gasteiger partial charge in [0.25, 0.3) is 0 Å². The average Bonchev–Trinajstić information content (AvgIpc) is 2.75. The van der Waals surface area contributed by atoms with Crippen molar-refractivity contribution in [2.45, 2.75) is 20.3 Å². The molecule has 2 N–H and O–H groups in total. The van der Waals surface area contributed by atoms with E-state index in [1.807, 2.05) is 0 Å². The molecule has 0 saturated carbocycles. The zero-order valence-electron chi connectivity index (χ0n) is 9.16. The molecule has 86 valence electrons. The third-order valence-electron chi connectivity index (χ3n) is 2.30. The van der Waals surface area contributed by atoms with E-state index in [1.165, 1.54) is 6.26 Å². The highest BCUT2D eigenvalue weighted by Gasteiger charge is 2.19. The lowest BCUT2D eigenvalue weighted by Gasteiger charge is -2.03. The zero-order chi connectivity index (χ0) is 11.7. The molecule has 0 aliphatic rings. The summed E-state index contributed by atoms with van der Waals surface area (Å²) >= 11 is 5.90. The van der Waals surface area contributed by atoms with Gasteiger partial charge in [-0.05, 0) is 30.0 Å². The number of hydrogen-bond acceptors (Lipinski definition) is 4. The van der Waals surface area contributed by atoms with Gasteiger partial charge in [-0.25, -0.2) is 0 Å². The second kappa shape index (κ2) is 4.22. The zero-order valence-corrected chi connectivity index (χ0v) is 9.91. The summed E-state index contributed by atoms with van der Waals surface area (Å²) in [4.78, 5) is 0. The molecule has 0 aliphatic carbocycles. The molecule has 0 unspecified atom stereocenters. The predicted octanol–water partition coefficient (Wildman–Crippen LogP) is 3.37. The van der Waals surface area contributed by atoms with Crippen molar-refractivity contribution in [3.05, 3.63) is 23.1 Å². The molecule has 16 heavy (non-hydrogen) atoms. The van der Waals surface area contributed by atoms with E-state index in [0.717, 1.165) is 17.5 Å². The molecule has 2 rings (SSSR count). The highest BCUT2D eigenvalue weighted by Crippen LogP contribution is 2.34. The number of nitrogens with two attached hydrogens (primary N) is 1. The summed E-state index contributed by atoms with van der Waals surface area (Å²) in [5.74, 6) is 0.812. The van der Waals surface area contributed by atoms with Crippen LogP contribution in [0.25, 0.3) is 11.3 Å². The van der Waals surface area contributed by atoms with Gasteiger partial charge in [0.15, 0.2) is 0 Å². The quantitative estimate of drug-likeness (QED) is 0.893. The molecule has 0 aromatic carbocycles. The van der Waals surface area contributed by atoms with Gasteiger partial charge in [0.05, 0.1) is 11.8 Å². The molecular formula is C11H13ClN2O2. The van der Waals surface area contributed by atoms with Gasteiger partial charge in [0, 0.05) is 5.56 Å². The number of halogens is 1. The molecule has 0 spiro atoms. The van der Waals surface area contributed by atoms with Crippen LogP contribution in [0, 0.1) is 5.92 Å². The first-order valence-electron chi connectivity index (χ1n) is 5.07. The Kier molecular flexibility index (Phi) is 2.92. The number of nitrogens with zero attached hydrogens (tertiary/aromatic N) is 1. The first kappa shape index (κ1) is 11.1. The van der Waals surface area contributed by atoms with Crippen LogP contribution in [0.15, 0.2) is 21.3 Å². The Morgan fingerprint density at radius 2 is 2.25 bits per heavy atom. The number of nitrogen functional groups attached to an aromatic ring is 1. The van der Waals surface area contributed by atoms with Crippen LogP contribution in [0.5, 0.6) is 0 Å². The number of furan rings is 1. The molecule has 0 aliphatic heterocycles. The van der Waals surface area contributed by atoms with E-state index < -0.39 is 0 Å². The molecule has 4 nitrogen and oxygen atoms in total. The van der Waals surface area contributed by atoms with Crippen LogP contribution in [-0.4, -0.2) is 5.16 Å². The second-order valence-electron chi connectivity index (χ2n) is 4.08. The average molecular weight is 241 g/mol. The van der Waals surface area contributed by atoms with E-state index >= 15 is 0 Å². The van der Waals surface area contributed by atoms with Crippen molar-refractivity contribution in [1.29, 1.82) is 0 Å². The van der Waals surface area contributed by atoms with Crippen LogP contribution in [0.4, 0.5) is 5.88 Å². The number of rotatable bonds is 3. The molecule has 0 saturated heterocycles. The highest BCUT2D eigenvalue weighted by molar-refractivity contribution is 6.31. The van der Waals surface area contributed by atoms with Crippen LogP contribution >= 0.6 is 11.6 Å². The van der Waals surface area contributed by atoms with Gasteiger partial charge in [-0.15, -0.1) is 0 Å². The lowest BCUT2D eigenvalue weighted by molar-refractivity contribution is 0.438. The lowest BCUT2D eigenvalue weighted by Crippen LogP contribution is -1.98. The maximum atomic E-state index is 5.90. The monoisotopic (exact) mass is 240 g/mol. The summed E-state index contributed by atoms with van der Waals surface area (Å²) in [5.41, 5.74) is 8.02. The standard InChI is InChI=1S/C11H13ClN2O2/c1-6(2)5-8-9(14-16-11(8)13)7-3-4-15-10(7)12/h3-4,6H,5,13H2,1-2H3. The van der Waals surface area contributed by atoms with Gasteiger partial charge in [-0.2, -0.15) is 0 Å². The Morgan fingerprint density at radius 3 is 2.81 bits per heavy atom. The Morgan fingerprint density at radius 1 is 1.50 bits per heavy atom. The molecule has 0 bridgehead atoms. The fourth-order valence-corrected chi connectivity index (χ4v) is 1.81. The minimum Gasteiger partial charge on any atom is -0.452 e. The molecule has 2 aromatic rings. The maximum absolute atomic E-state index is 5.90. The summed E-state index contributed by atoms with van der Waals surface area (Å²) in [6.45, 7) is 4.21. The van der Waals surface area contributed by atoms with Gasteiger partial charge in [0.1, 0.15) is 5.69 Å². The molecule has 0 fully saturated rings. The molecule has 2 aromatic heterocycles. The number of aromatic nitrogens is 1. The second-order valence-corrected chi connectivity index (χ2v) is 4.42. The summed E-state index contributed by atoms with van der Waals surface area (Å²) in [7, 11) is 0. The summed E-state index contributed by atoms with van der Waals surface area (Å²) in [6, 6.07) is 1.75. The third-order valence-corrected chi connectivity index (χ3v) is 2.60. The van der Waals surface area contributed by atoms with Crippen molar-refractivity contribution >= 4 is 17.5 Å². The van der Waals surface area contributed by atoms with Crippen molar-refractivity contribution in [3.63, 3.8) is 0 Å². The fourth-order valence-electron chi connectivity index (χ4n) is 1.60. The van der Waals surface area contributed by atoms with Gasteiger partial charge < -0.3 is 14.7 Å². The van der Waals surface area contributed by atoms with E-state index in [4.69, 9.17) is 26.3 Å². The molecule has 2 heterocycles. The van der Waals surface area contributed by atoms with Crippen LogP contribution in [-0.2, 0) is 6.42 Å². The SMILES string of the molecule is CC(C)Cc1c(-c2ccoc2Cl)noc1N. The van der Waals surface area contributed by atoms with E-state index in [2.05, 4.69) is 19.0 Å². The predicted molar refractivity (Wildman–Crippen MR) is 62.2 cm³/mol. The van der Waals surface area contributed by atoms with Crippen molar-refractivity contribution in [1.82, 2.24) is 5.16 Å². The number of hydrogen-bond donors (Lipinski definition) is 1. The van der Waals surface area contributed by atoms with E-state index in [1.54, 1.807) is 6.07 Å². The minimum atomic E-state index is 0.304. The maximum Gasteiger partial charge on any atom is 0.225 e. The van der Waals surface area contributed by atoms with E-state index in [0.29, 0.717) is 22.7 Å². The smallest absolute Gasteiger partial charge is 0.225 e. The van der Waals surface area contributed by atoms with Crippen molar-refractivity contribution in [3.8, 4) is 11.3 Å². The normalized spacial score (nSPS) is 11.2. The van der Waals surface area contributed by atoms with E-state index in [-0.39, 0.29) is 0 Å². The van der Waals surface area contributed by atoms with Crippen LogP contribution in [0.1, 0.15) is 19.4 Å². The number of anilines is 1. The Balaban J connectivity index is 2.46. The molecule has 0 amide bonds. The largest absolute Gasteiger partial charge is 0.452 e. The Hall–Kier alpha value is -1.42. The summed E-state index contributed by atoms with van der Waals surface area (Å²) in [5, 5.41) is 4.23. The third kappa shape index (κ3) is 1.93. The van der Waals surface area contributed by atoms with Gasteiger partial charge >= 0.3 is 0 Å². The topological polar surface area (TPSA) is 65.2 Å². The van der Waals surface area contributed by atoms with Crippen LogP contribution in [0.2, 0.25) is 5.22 Å². The van der Waals surface area contributed by atoms with E-state index in [9.17, 15) is 0 Å². The molecular weight excluding hydrogens is 228 g/mol. The van der Waals surface area contributed by atoms with Gasteiger partial charge in [-0.3, -0.25) is 0 Å². The van der Waals surface area contributed by atoms with Gasteiger partial charge in [0.2, 0.25) is 11.1 Å². The molecule has 0 atom stereocenters. The van der Waals surface area contributed by atoms with Crippen LogP contribution < -0.4 is 5.73 Å². The lowest BCUT2D eigenvalue weighted by atomic mass is 10.0. The van der Waals surface area contributed by atoms with Crippen molar-refractivity contribution < 1.29 is 8.94 Å². The molecule has 5 heteroatoms. The molecule has 0 radical (unpaired) electrons. The Bertz CT molecular complexity index is 488. The highest BCUT2D eigenvalue weighted by atomic mass is 35.5. The summed E-state index contributed by atoms with van der Waals surface area (Å²) < 4.78 is 10.0. The van der Waals surface area contributed by atoms with Crippen molar-refractivity contribution in [2.24, 2.45) is 5.92 Å². The van der Waals surface area contributed by atoms with Crippen LogP contribution in [0.3, 0.4) is 0 Å².